The largest absolute Gasteiger partial charge is 0.351 e. The van der Waals surface area contributed by atoms with E-state index >= 15 is 0 Å². The summed E-state index contributed by atoms with van der Waals surface area (Å²) in [6, 6.07) is 18.3. The summed E-state index contributed by atoms with van der Waals surface area (Å²) >= 11 is 11.8. The van der Waals surface area contributed by atoms with Gasteiger partial charge in [-0.1, -0.05) is 17.7 Å². The third-order valence-electron chi connectivity index (χ3n) is 4.87. The Kier molecular flexibility index (Phi) is 4.89. The second-order valence-corrected chi connectivity index (χ2v) is 7.73. The van der Waals surface area contributed by atoms with Gasteiger partial charge in [0.1, 0.15) is 6.04 Å². The maximum atomic E-state index is 6.10. The molecule has 27 heavy (non-hydrogen) atoms. The monoisotopic (exact) mass is 396 g/mol. The third-order valence-corrected chi connectivity index (χ3v) is 5.44. The van der Waals surface area contributed by atoms with Gasteiger partial charge in [-0.3, -0.25) is 4.98 Å². The average Bonchev–Trinajstić information content (AvgIpc) is 3.27. The van der Waals surface area contributed by atoms with Gasteiger partial charge in [0, 0.05) is 34.8 Å². The van der Waals surface area contributed by atoms with Crippen LogP contribution in [0.2, 0.25) is 5.02 Å². The van der Waals surface area contributed by atoms with Crippen LogP contribution in [0, 0.1) is 0 Å². The van der Waals surface area contributed by atoms with Crippen molar-refractivity contribution in [2.45, 2.75) is 32.0 Å². The highest BCUT2D eigenvalue weighted by atomic mass is 35.5. The van der Waals surface area contributed by atoms with Gasteiger partial charge in [-0.15, -0.1) is 0 Å². The molecule has 6 heteroatoms. The van der Waals surface area contributed by atoms with E-state index in [1.54, 1.807) is 0 Å². The molecule has 1 aliphatic heterocycles. The topological polar surface area (TPSA) is 33.1 Å². The van der Waals surface area contributed by atoms with Crippen LogP contribution in [0.4, 0.5) is 5.69 Å². The van der Waals surface area contributed by atoms with Crippen LogP contribution in [0.15, 0.2) is 67.0 Å². The number of halogens is 1. The molecule has 1 fully saturated rings. The van der Waals surface area contributed by atoms with Crippen LogP contribution in [0.5, 0.6) is 0 Å². The molecule has 1 N–H and O–H groups in total. The SMILES string of the molecule is CC(C)n1cccc1[C@@H]1[C@H](c2ccccn2)NC(=S)N1c1ccc(Cl)cc1. The fourth-order valence-electron chi connectivity index (χ4n) is 3.66. The van der Waals surface area contributed by atoms with Crippen LogP contribution in [0.25, 0.3) is 0 Å². The minimum Gasteiger partial charge on any atom is -0.351 e. The zero-order valence-electron chi connectivity index (χ0n) is 15.2. The van der Waals surface area contributed by atoms with E-state index in [-0.39, 0.29) is 12.1 Å². The summed E-state index contributed by atoms with van der Waals surface area (Å²) in [4.78, 5) is 6.76. The van der Waals surface area contributed by atoms with Crippen molar-refractivity contribution in [3.05, 3.63) is 83.4 Å². The minimum atomic E-state index is -0.0400. The van der Waals surface area contributed by atoms with Crippen molar-refractivity contribution in [1.82, 2.24) is 14.9 Å². The quantitative estimate of drug-likeness (QED) is 0.607. The van der Waals surface area contributed by atoms with Crippen molar-refractivity contribution in [3.63, 3.8) is 0 Å². The van der Waals surface area contributed by atoms with E-state index in [0.717, 1.165) is 11.4 Å². The summed E-state index contributed by atoms with van der Waals surface area (Å²) in [6.07, 6.45) is 3.94. The highest BCUT2D eigenvalue weighted by molar-refractivity contribution is 7.80. The fourth-order valence-corrected chi connectivity index (χ4v) is 4.14. The number of pyridine rings is 1. The van der Waals surface area contributed by atoms with Crippen LogP contribution in [0.3, 0.4) is 0 Å². The molecule has 4 nitrogen and oxygen atoms in total. The predicted molar refractivity (Wildman–Crippen MR) is 114 cm³/mol. The molecule has 3 heterocycles. The molecule has 0 saturated carbocycles. The maximum Gasteiger partial charge on any atom is 0.174 e. The van der Waals surface area contributed by atoms with Gasteiger partial charge in [0.05, 0.1) is 11.7 Å². The Morgan fingerprint density at radius 3 is 2.52 bits per heavy atom. The van der Waals surface area contributed by atoms with E-state index in [4.69, 9.17) is 23.8 Å². The van der Waals surface area contributed by atoms with Gasteiger partial charge in [-0.25, -0.2) is 0 Å². The second-order valence-electron chi connectivity index (χ2n) is 6.91. The summed E-state index contributed by atoms with van der Waals surface area (Å²) < 4.78 is 2.29. The van der Waals surface area contributed by atoms with E-state index in [1.165, 1.54) is 5.69 Å². The summed E-state index contributed by atoms with van der Waals surface area (Å²) in [6.45, 7) is 4.37. The van der Waals surface area contributed by atoms with Crippen LogP contribution < -0.4 is 10.2 Å². The van der Waals surface area contributed by atoms with E-state index in [9.17, 15) is 0 Å². The number of anilines is 1. The van der Waals surface area contributed by atoms with E-state index in [0.29, 0.717) is 16.2 Å². The highest BCUT2D eigenvalue weighted by Crippen LogP contribution is 2.42. The number of nitrogens with one attached hydrogen (secondary N) is 1. The molecule has 1 aromatic carbocycles. The Hall–Kier alpha value is -2.37. The van der Waals surface area contributed by atoms with Gasteiger partial charge in [0.15, 0.2) is 5.11 Å². The zero-order valence-corrected chi connectivity index (χ0v) is 16.8. The van der Waals surface area contributed by atoms with Crippen molar-refractivity contribution in [2.24, 2.45) is 0 Å². The molecule has 0 amide bonds. The lowest BCUT2D eigenvalue weighted by molar-refractivity contribution is 0.497. The molecule has 0 aliphatic carbocycles. The van der Waals surface area contributed by atoms with Crippen molar-refractivity contribution >= 4 is 34.6 Å². The minimum absolute atomic E-state index is 0.00836. The van der Waals surface area contributed by atoms with Gasteiger partial charge in [-0.2, -0.15) is 0 Å². The van der Waals surface area contributed by atoms with Gasteiger partial charge in [0.25, 0.3) is 0 Å². The van der Waals surface area contributed by atoms with Gasteiger partial charge >= 0.3 is 0 Å². The molecule has 0 spiro atoms. The lowest BCUT2D eigenvalue weighted by atomic mass is 10.0. The number of benzene rings is 1. The second kappa shape index (κ2) is 7.33. The van der Waals surface area contributed by atoms with Crippen molar-refractivity contribution in [2.75, 3.05) is 4.90 Å². The first-order chi connectivity index (χ1) is 13.1. The van der Waals surface area contributed by atoms with E-state index < -0.39 is 0 Å². The summed E-state index contributed by atoms with van der Waals surface area (Å²) in [5, 5.41) is 4.88. The molecule has 4 rings (SSSR count). The number of rotatable bonds is 4. The standard InChI is InChI=1S/C21H21ClN4S/c1-14(2)25-13-5-7-18(25)20-19(17-6-3-4-12-23-17)24-21(27)26(20)16-10-8-15(22)9-11-16/h3-14,19-20H,1-2H3,(H,24,27)/t19-,20+/m0/s1. The molecule has 0 radical (unpaired) electrons. The molecule has 2 atom stereocenters. The third kappa shape index (κ3) is 3.33. The molecular weight excluding hydrogens is 376 g/mol. The maximum absolute atomic E-state index is 6.10. The van der Waals surface area contributed by atoms with Crippen LogP contribution >= 0.6 is 23.8 Å². The summed E-state index contributed by atoms with van der Waals surface area (Å²) in [5.74, 6) is 0. The Bertz CT molecular complexity index is 936. The van der Waals surface area contributed by atoms with Gasteiger partial charge < -0.3 is 14.8 Å². The first kappa shape index (κ1) is 18.0. The Morgan fingerprint density at radius 1 is 1.07 bits per heavy atom. The number of thiocarbonyl (C=S) groups is 1. The van der Waals surface area contributed by atoms with Crippen molar-refractivity contribution in [1.29, 1.82) is 0 Å². The number of hydrogen-bond donors (Lipinski definition) is 1. The molecule has 1 aliphatic rings. The number of nitrogens with zero attached hydrogens (tertiary/aromatic N) is 3. The Labute approximate surface area is 169 Å². The zero-order chi connectivity index (χ0) is 19.0. The molecule has 1 saturated heterocycles. The van der Waals surface area contributed by atoms with Crippen LogP contribution in [0.1, 0.15) is 43.4 Å². The molecule has 138 valence electrons. The Morgan fingerprint density at radius 2 is 1.85 bits per heavy atom. The smallest absolute Gasteiger partial charge is 0.174 e. The molecule has 0 unspecified atom stereocenters. The normalized spacial score (nSPS) is 19.6. The molecular formula is C21H21ClN4S. The number of hydrogen-bond acceptors (Lipinski definition) is 2. The molecule has 0 bridgehead atoms. The van der Waals surface area contributed by atoms with Crippen LogP contribution in [-0.4, -0.2) is 14.7 Å². The number of aromatic nitrogens is 2. The van der Waals surface area contributed by atoms with Crippen molar-refractivity contribution in [3.8, 4) is 0 Å². The van der Waals surface area contributed by atoms with E-state index in [1.807, 2.05) is 48.7 Å². The average molecular weight is 397 g/mol. The first-order valence-corrected chi connectivity index (χ1v) is 9.78. The lowest BCUT2D eigenvalue weighted by Gasteiger charge is -2.29. The molecule has 3 aromatic rings. The fraction of sp³-hybridized carbons (Fsp3) is 0.238. The lowest BCUT2D eigenvalue weighted by Crippen LogP contribution is -2.30. The summed E-state index contributed by atoms with van der Waals surface area (Å²) in [5.41, 5.74) is 3.18. The van der Waals surface area contributed by atoms with Crippen LogP contribution in [-0.2, 0) is 0 Å². The molecule has 2 aromatic heterocycles. The first-order valence-electron chi connectivity index (χ1n) is 8.99. The Balaban J connectivity index is 1.85. The van der Waals surface area contributed by atoms with Gasteiger partial charge in [-0.05, 0) is 74.6 Å². The van der Waals surface area contributed by atoms with Crippen molar-refractivity contribution < 1.29 is 0 Å². The highest BCUT2D eigenvalue weighted by Gasteiger charge is 2.42. The van der Waals surface area contributed by atoms with E-state index in [2.05, 4.69) is 51.9 Å². The van der Waals surface area contributed by atoms with Gasteiger partial charge in [0.2, 0.25) is 0 Å². The predicted octanol–water partition coefficient (Wildman–Crippen LogP) is 5.29. The summed E-state index contributed by atoms with van der Waals surface area (Å²) in [7, 11) is 0.